The van der Waals surface area contributed by atoms with Gasteiger partial charge in [0.1, 0.15) is 17.3 Å². The van der Waals surface area contributed by atoms with E-state index in [1.54, 1.807) is 38.4 Å². The van der Waals surface area contributed by atoms with Crippen molar-refractivity contribution in [3.05, 3.63) is 102 Å². The molecule has 7 heteroatoms. The molecule has 2 aromatic carbocycles. The van der Waals surface area contributed by atoms with Gasteiger partial charge in [0.25, 0.3) is 5.92 Å². The normalized spacial score (nSPS) is 11.8. The Balaban J connectivity index is 1.50. The fourth-order valence-corrected chi connectivity index (χ4v) is 3.91. The zero-order valence-electron chi connectivity index (χ0n) is 22.1. The van der Waals surface area contributed by atoms with Crippen LogP contribution >= 0.6 is 0 Å². The van der Waals surface area contributed by atoms with Gasteiger partial charge >= 0.3 is 0 Å². The van der Waals surface area contributed by atoms with Crippen molar-refractivity contribution in [1.29, 1.82) is 0 Å². The number of ketones is 1. The van der Waals surface area contributed by atoms with Gasteiger partial charge in [0.2, 0.25) is 0 Å². The van der Waals surface area contributed by atoms with Crippen molar-refractivity contribution in [2.75, 3.05) is 11.4 Å². The van der Waals surface area contributed by atoms with Gasteiger partial charge in [-0.2, -0.15) is 0 Å². The summed E-state index contributed by atoms with van der Waals surface area (Å²) in [7, 11) is 0. The highest BCUT2D eigenvalue weighted by molar-refractivity contribution is 5.84. The van der Waals surface area contributed by atoms with E-state index in [2.05, 4.69) is 9.88 Å². The molecule has 0 radical (unpaired) electrons. The van der Waals surface area contributed by atoms with E-state index in [0.717, 1.165) is 41.6 Å². The molecule has 38 heavy (non-hydrogen) atoms. The van der Waals surface area contributed by atoms with Gasteiger partial charge in [-0.3, -0.25) is 4.79 Å². The minimum absolute atomic E-state index is 0.0102. The Bertz CT molecular complexity index is 1330. The van der Waals surface area contributed by atoms with E-state index in [1.807, 2.05) is 48.5 Å². The molecule has 0 aliphatic rings. The number of nitrogens with zero attached hydrogens (tertiary/aromatic N) is 2. The van der Waals surface area contributed by atoms with Gasteiger partial charge in [-0.05, 0) is 74.7 Å². The molecule has 0 amide bonds. The number of hydrogen-bond donors (Lipinski definition) is 0. The van der Waals surface area contributed by atoms with Gasteiger partial charge in [-0.15, -0.1) is 0 Å². The van der Waals surface area contributed by atoms with Crippen LogP contribution in [0.15, 0.2) is 89.7 Å². The summed E-state index contributed by atoms with van der Waals surface area (Å²) in [5, 5.41) is 0. The van der Waals surface area contributed by atoms with E-state index in [9.17, 15) is 13.6 Å². The fourth-order valence-electron chi connectivity index (χ4n) is 3.91. The van der Waals surface area contributed by atoms with Crippen molar-refractivity contribution in [2.45, 2.75) is 52.2 Å². The van der Waals surface area contributed by atoms with Crippen molar-refractivity contribution in [3.63, 3.8) is 0 Å². The fraction of sp³-hybridized carbons (Fsp3) is 0.290. The molecule has 4 rings (SSSR count). The molecule has 0 fully saturated rings. The third kappa shape index (κ3) is 6.85. The molecule has 2 heterocycles. The van der Waals surface area contributed by atoms with Crippen molar-refractivity contribution in [2.24, 2.45) is 0 Å². The minimum atomic E-state index is -2.88. The third-order valence-corrected chi connectivity index (χ3v) is 6.53. The summed E-state index contributed by atoms with van der Waals surface area (Å²) in [5.41, 5.74) is 1.98. The summed E-state index contributed by atoms with van der Waals surface area (Å²) < 4.78 is 38.7. The quantitative estimate of drug-likeness (QED) is 0.206. The topological polar surface area (TPSA) is 55.6 Å². The standard InChI is InChI=1S/C31H32F2N2O3/c1-22(36)30(2,3)38-27-14-9-23(10-15-27)17-18-35(21-24-7-12-26(13-8-24)31(4,32)33)29-16-11-25(20-34-29)28-6-5-19-37-28/h5-16,19-20H,17-18,21H2,1-4H3. The van der Waals surface area contributed by atoms with Gasteiger partial charge in [-0.1, -0.05) is 36.4 Å². The number of alkyl halides is 2. The first-order chi connectivity index (χ1) is 18.0. The van der Waals surface area contributed by atoms with Crippen LogP contribution in [0.25, 0.3) is 11.3 Å². The van der Waals surface area contributed by atoms with Crippen molar-refractivity contribution >= 4 is 11.6 Å². The van der Waals surface area contributed by atoms with Crippen LogP contribution in [0, 0.1) is 0 Å². The maximum Gasteiger partial charge on any atom is 0.270 e. The average Bonchev–Trinajstić information content (AvgIpc) is 3.42. The van der Waals surface area contributed by atoms with E-state index in [4.69, 9.17) is 9.15 Å². The lowest BCUT2D eigenvalue weighted by Crippen LogP contribution is -2.36. The monoisotopic (exact) mass is 518 g/mol. The number of Topliss-reactive ketones (excluding diaryl/α,β-unsaturated/α-hetero) is 1. The van der Waals surface area contributed by atoms with Crippen LogP contribution in [0.3, 0.4) is 0 Å². The lowest BCUT2D eigenvalue weighted by molar-refractivity contribution is -0.129. The SMILES string of the molecule is CC(=O)C(C)(C)Oc1ccc(CCN(Cc2ccc(C(C)(F)F)cc2)c2ccc(-c3ccco3)cn2)cc1. The van der Waals surface area contributed by atoms with Crippen molar-refractivity contribution in [1.82, 2.24) is 4.98 Å². The molecule has 0 aliphatic carbocycles. The molecule has 0 atom stereocenters. The Morgan fingerprint density at radius 2 is 1.63 bits per heavy atom. The predicted octanol–water partition coefficient (Wildman–Crippen LogP) is 7.45. The Morgan fingerprint density at radius 3 is 2.18 bits per heavy atom. The van der Waals surface area contributed by atoms with E-state index < -0.39 is 11.5 Å². The number of benzene rings is 2. The van der Waals surface area contributed by atoms with Gasteiger partial charge < -0.3 is 14.1 Å². The van der Waals surface area contributed by atoms with Gasteiger partial charge in [0.05, 0.1) is 6.26 Å². The summed E-state index contributed by atoms with van der Waals surface area (Å²) in [6, 6.07) is 21.7. The Hall–Kier alpha value is -4.00. The first-order valence-corrected chi connectivity index (χ1v) is 12.5. The van der Waals surface area contributed by atoms with Crippen LogP contribution in [0.1, 0.15) is 44.4 Å². The zero-order chi connectivity index (χ0) is 27.3. The Morgan fingerprint density at radius 1 is 0.947 bits per heavy atom. The van der Waals surface area contributed by atoms with Crippen molar-refractivity contribution in [3.8, 4) is 17.1 Å². The lowest BCUT2D eigenvalue weighted by atomic mass is 10.0. The largest absolute Gasteiger partial charge is 0.480 e. The molecule has 0 N–H and O–H groups in total. The first-order valence-electron chi connectivity index (χ1n) is 12.5. The molecular formula is C31H32F2N2O3. The number of halogens is 2. The van der Waals surface area contributed by atoms with Crippen LogP contribution in [0.5, 0.6) is 5.75 Å². The van der Waals surface area contributed by atoms with Gasteiger partial charge in [0.15, 0.2) is 11.4 Å². The minimum Gasteiger partial charge on any atom is -0.480 e. The first kappa shape index (κ1) is 27.0. The lowest BCUT2D eigenvalue weighted by Gasteiger charge is -2.25. The zero-order valence-corrected chi connectivity index (χ0v) is 22.1. The molecule has 198 valence electrons. The number of carbonyl (C=O) groups excluding carboxylic acids is 1. The summed E-state index contributed by atoms with van der Waals surface area (Å²) in [4.78, 5) is 18.6. The molecular weight excluding hydrogens is 486 g/mol. The number of aromatic nitrogens is 1. The second-order valence-corrected chi connectivity index (χ2v) is 9.95. The van der Waals surface area contributed by atoms with Crippen LogP contribution < -0.4 is 9.64 Å². The summed E-state index contributed by atoms with van der Waals surface area (Å²) >= 11 is 0. The molecule has 2 aromatic heterocycles. The van der Waals surface area contributed by atoms with Crippen molar-refractivity contribution < 1.29 is 22.7 Å². The maximum absolute atomic E-state index is 13.7. The van der Waals surface area contributed by atoms with E-state index in [0.29, 0.717) is 18.8 Å². The highest BCUT2D eigenvalue weighted by atomic mass is 19.3. The number of anilines is 1. The molecule has 0 saturated heterocycles. The number of pyridine rings is 1. The maximum atomic E-state index is 13.7. The highest BCUT2D eigenvalue weighted by Gasteiger charge is 2.26. The second-order valence-electron chi connectivity index (χ2n) is 9.95. The summed E-state index contributed by atoms with van der Waals surface area (Å²) in [6.07, 6.45) is 4.12. The number of furan rings is 1. The molecule has 0 spiro atoms. The molecule has 0 saturated carbocycles. The van der Waals surface area contributed by atoms with Gasteiger partial charge in [-0.25, -0.2) is 13.8 Å². The molecule has 0 aliphatic heterocycles. The predicted molar refractivity (Wildman–Crippen MR) is 145 cm³/mol. The molecule has 0 bridgehead atoms. The van der Waals surface area contributed by atoms with E-state index in [-0.39, 0.29) is 11.3 Å². The molecule has 5 nitrogen and oxygen atoms in total. The Kier molecular flexibility index (Phi) is 7.95. The Labute approximate surface area is 222 Å². The number of ether oxygens (including phenoxy) is 1. The summed E-state index contributed by atoms with van der Waals surface area (Å²) in [5.74, 6) is -0.778. The highest BCUT2D eigenvalue weighted by Crippen LogP contribution is 2.28. The van der Waals surface area contributed by atoms with Gasteiger partial charge in [0, 0.05) is 37.3 Å². The molecule has 4 aromatic rings. The van der Waals surface area contributed by atoms with Crippen LogP contribution in [0.4, 0.5) is 14.6 Å². The molecule has 0 unspecified atom stereocenters. The van der Waals surface area contributed by atoms with E-state index >= 15 is 0 Å². The van der Waals surface area contributed by atoms with E-state index in [1.165, 1.54) is 19.1 Å². The average molecular weight is 519 g/mol. The smallest absolute Gasteiger partial charge is 0.270 e. The second kappa shape index (κ2) is 11.2. The number of carbonyl (C=O) groups is 1. The third-order valence-electron chi connectivity index (χ3n) is 6.53. The van der Waals surface area contributed by atoms with Crippen LogP contribution in [-0.4, -0.2) is 22.9 Å². The van der Waals surface area contributed by atoms with Crippen LogP contribution in [0.2, 0.25) is 0 Å². The summed E-state index contributed by atoms with van der Waals surface area (Å²) in [6.45, 7) is 7.07. The van der Waals surface area contributed by atoms with Crippen LogP contribution in [-0.2, 0) is 23.7 Å². The number of hydrogen-bond acceptors (Lipinski definition) is 5. The number of rotatable bonds is 11.